The molecule has 2 amide bonds. The van der Waals surface area contributed by atoms with Gasteiger partial charge in [0, 0.05) is 26.2 Å². The number of benzene rings is 1. The van der Waals surface area contributed by atoms with Crippen molar-refractivity contribution in [2.24, 2.45) is 0 Å². The number of nitrogens with one attached hydrogen (secondary N) is 1. The summed E-state index contributed by atoms with van der Waals surface area (Å²) in [6.45, 7) is 9.68. The number of nitrogens with zero attached hydrogens (tertiary/aromatic N) is 5. The first-order chi connectivity index (χ1) is 16.6. The molecule has 1 aromatic carbocycles. The summed E-state index contributed by atoms with van der Waals surface area (Å²) in [7, 11) is 0. The number of carbonyl (C=O) groups is 2. The van der Waals surface area contributed by atoms with E-state index in [4.69, 9.17) is 4.74 Å². The summed E-state index contributed by atoms with van der Waals surface area (Å²) in [5.74, 6) is -0.407. The number of hydrogen-bond donors (Lipinski definition) is 1. The summed E-state index contributed by atoms with van der Waals surface area (Å²) in [6.07, 6.45) is 2.80. The molecule has 0 spiro atoms. The Hall–Kier alpha value is -3.95. The lowest BCUT2D eigenvalue weighted by molar-refractivity contribution is 0.0240. The van der Waals surface area contributed by atoms with Gasteiger partial charge in [0.15, 0.2) is 0 Å². The number of ether oxygens (including phenoxy) is 1. The molecule has 0 radical (unpaired) electrons. The summed E-state index contributed by atoms with van der Waals surface area (Å²) in [5, 5.41) is 6.94. The molecule has 184 valence electrons. The fourth-order valence-corrected chi connectivity index (χ4v) is 3.80. The number of carbonyl (C=O) groups excluding carboxylic acids is 2. The van der Waals surface area contributed by atoms with E-state index in [1.165, 1.54) is 16.9 Å². The van der Waals surface area contributed by atoms with Crippen LogP contribution in [0.25, 0.3) is 5.69 Å². The second kappa shape index (κ2) is 9.73. The van der Waals surface area contributed by atoms with Gasteiger partial charge in [-0.25, -0.2) is 18.9 Å². The summed E-state index contributed by atoms with van der Waals surface area (Å²) in [6, 6.07) is 9.86. The summed E-state index contributed by atoms with van der Waals surface area (Å²) >= 11 is 0. The minimum absolute atomic E-state index is 0.276. The van der Waals surface area contributed by atoms with Crippen molar-refractivity contribution in [3.05, 3.63) is 65.9 Å². The molecule has 0 atom stereocenters. The van der Waals surface area contributed by atoms with Gasteiger partial charge in [0.05, 0.1) is 29.3 Å². The Bertz CT molecular complexity index is 1210. The minimum Gasteiger partial charge on any atom is -0.444 e. The van der Waals surface area contributed by atoms with Gasteiger partial charge >= 0.3 is 6.09 Å². The Labute approximate surface area is 203 Å². The van der Waals surface area contributed by atoms with E-state index in [2.05, 4.69) is 20.3 Å². The fourth-order valence-electron chi connectivity index (χ4n) is 3.80. The largest absolute Gasteiger partial charge is 0.444 e. The van der Waals surface area contributed by atoms with Crippen LogP contribution >= 0.6 is 0 Å². The maximum atomic E-state index is 14.1. The summed E-state index contributed by atoms with van der Waals surface area (Å²) in [4.78, 5) is 33.2. The predicted octanol–water partition coefficient (Wildman–Crippen LogP) is 4.02. The van der Waals surface area contributed by atoms with Crippen molar-refractivity contribution in [1.29, 1.82) is 0 Å². The quantitative estimate of drug-likeness (QED) is 0.606. The zero-order chi connectivity index (χ0) is 25.2. The highest BCUT2D eigenvalue weighted by atomic mass is 19.1. The second-order valence-electron chi connectivity index (χ2n) is 9.32. The van der Waals surface area contributed by atoms with Crippen LogP contribution in [0, 0.1) is 12.7 Å². The Morgan fingerprint density at radius 2 is 1.74 bits per heavy atom. The minimum atomic E-state index is -0.520. The van der Waals surface area contributed by atoms with E-state index < -0.39 is 11.4 Å². The summed E-state index contributed by atoms with van der Waals surface area (Å²) < 4.78 is 21.0. The smallest absolute Gasteiger partial charge is 0.410 e. The third-order valence-corrected chi connectivity index (χ3v) is 5.62. The third-order valence-electron chi connectivity index (χ3n) is 5.62. The molecule has 0 bridgehead atoms. The van der Waals surface area contributed by atoms with Gasteiger partial charge in [-0.2, -0.15) is 5.10 Å². The van der Waals surface area contributed by atoms with Gasteiger partial charge in [-0.3, -0.25) is 4.79 Å². The van der Waals surface area contributed by atoms with Gasteiger partial charge in [0.1, 0.15) is 22.9 Å². The van der Waals surface area contributed by atoms with Crippen LogP contribution in [0.15, 0.2) is 48.8 Å². The lowest BCUT2D eigenvalue weighted by Crippen LogP contribution is -2.50. The number of hydrogen-bond acceptors (Lipinski definition) is 6. The topological polar surface area (TPSA) is 92.6 Å². The molecule has 4 rings (SSSR count). The first-order valence-corrected chi connectivity index (χ1v) is 11.4. The van der Waals surface area contributed by atoms with Crippen molar-refractivity contribution in [1.82, 2.24) is 19.7 Å². The lowest BCUT2D eigenvalue weighted by Gasteiger charge is -2.36. The van der Waals surface area contributed by atoms with Crippen molar-refractivity contribution >= 4 is 23.5 Å². The Balaban J connectivity index is 1.36. The maximum absolute atomic E-state index is 14.1. The molecule has 3 aromatic rings. The SMILES string of the molecule is Cc1c(C(=O)Nc2ccc(N3CCN(C(=O)OC(C)(C)C)CC3)cn2)cnn1-c1ccccc1F. The van der Waals surface area contributed by atoms with Crippen LogP contribution in [0.4, 0.5) is 20.7 Å². The molecule has 0 unspecified atom stereocenters. The van der Waals surface area contributed by atoms with E-state index in [1.54, 1.807) is 42.3 Å². The van der Waals surface area contributed by atoms with Crippen LogP contribution in [0.5, 0.6) is 0 Å². The van der Waals surface area contributed by atoms with Crippen LogP contribution in [0.3, 0.4) is 0 Å². The number of anilines is 2. The fraction of sp³-hybridized carbons (Fsp3) is 0.360. The third kappa shape index (κ3) is 5.59. The Morgan fingerprint density at radius 1 is 1.03 bits per heavy atom. The average Bonchev–Trinajstić information content (AvgIpc) is 3.20. The van der Waals surface area contributed by atoms with Crippen LogP contribution in [-0.4, -0.2) is 63.4 Å². The standard InChI is InChI=1S/C25H29FN6O3/c1-17-19(16-28-32(17)21-8-6-5-7-20(21)26)23(33)29-22-10-9-18(15-27-22)30-11-13-31(14-12-30)24(34)35-25(2,3)4/h5-10,15-16H,11-14H2,1-4H3,(H,27,29,33). The van der Waals surface area contributed by atoms with E-state index in [0.717, 1.165) is 5.69 Å². The molecule has 1 aliphatic heterocycles. The van der Waals surface area contributed by atoms with Gasteiger partial charge in [-0.1, -0.05) is 12.1 Å². The molecule has 1 aliphatic rings. The molecule has 1 fully saturated rings. The number of pyridine rings is 1. The molecule has 9 nitrogen and oxygen atoms in total. The van der Waals surface area contributed by atoms with Crippen molar-refractivity contribution < 1.29 is 18.7 Å². The highest BCUT2D eigenvalue weighted by Gasteiger charge is 2.26. The van der Waals surface area contributed by atoms with Crippen LogP contribution in [-0.2, 0) is 4.74 Å². The lowest BCUT2D eigenvalue weighted by atomic mass is 10.2. The number of halogens is 1. The van der Waals surface area contributed by atoms with Crippen molar-refractivity contribution in [3.8, 4) is 5.69 Å². The molecule has 2 aromatic heterocycles. The van der Waals surface area contributed by atoms with E-state index in [0.29, 0.717) is 43.3 Å². The molecule has 1 saturated heterocycles. The Morgan fingerprint density at radius 3 is 2.37 bits per heavy atom. The van der Waals surface area contributed by atoms with E-state index in [-0.39, 0.29) is 17.7 Å². The van der Waals surface area contributed by atoms with Crippen molar-refractivity contribution in [3.63, 3.8) is 0 Å². The van der Waals surface area contributed by atoms with Gasteiger partial charge in [0.2, 0.25) is 0 Å². The van der Waals surface area contributed by atoms with E-state index >= 15 is 0 Å². The molecule has 1 N–H and O–H groups in total. The zero-order valence-electron chi connectivity index (χ0n) is 20.3. The zero-order valence-corrected chi connectivity index (χ0v) is 20.3. The average molecular weight is 481 g/mol. The maximum Gasteiger partial charge on any atom is 0.410 e. The molecule has 0 aliphatic carbocycles. The first kappa shape index (κ1) is 24.2. The first-order valence-electron chi connectivity index (χ1n) is 11.4. The van der Waals surface area contributed by atoms with Crippen molar-refractivity contribution in [2.45, 2.75) is 33.3 Å². The molecule has 0 saturated carbocycles. The number of aromatic nitrogens is 3. The predicted molar refractivity (Wildman–Crippen MR) is 130 cm³/mol. The molecule has 35 heavy (non-hydrogen) atoms. The van der Waals surface area contributed by atoms with E-state index in [9.17, 15) is 14.0 Å². The normalized spacial score (nSPS) is 14.1. The number of piperazine rings is 1. The molecule has 3 heterocycles. The van der Waals surface area contributed by atoms with Crippen LogP contribution in [0.1, 0.15) is 36.8 Å². The van der Waals surface area contributed by atoms with Crippen LogP contribution in [0.2, 0.25) is 0 Å². The van der Waals surface area contributed by atoms with E-state index in [1.807, 2.05) is 26.8 Å². The van der Waals surface area contributed by atoms with Gasteiger partial charge in [-0.05, 0) is 52.0 Å². The molecule has 10 heteroatoms. The van der Waals surface area contributed by atoms with Crippen molar-refractivity contribution in [2.75, 3.05) is 36.4 Å². The number of rotatable bonds is 4. The monoisotopic (exact) mass is 480 g/mol. The summed E-state index contributed by atoms with van der Waals surface area (Å²) in [5.41, 5.74) is 1.51. The second-order valence-corrected chi connectivity index (χ2v) is 9.32. The van der Waals surface area contributed by atoms with Gasteiger partial charge in [0.25, 0.3) is 5.91 Å². The highest BCUT2D eigenvalue weighted by Crippen LogP contribution is 2.21. The van der Waals surface area contributed by atoms with Gasteiger partial charge < -0.3 is 19.9 Å². The molecular formula is C25H29FN6O3. The highest BCUT2D eigenvalue weighted by molar-refractivity contribution is 6.04. The van der Waals surface area contributed by atoms with Crippen LogP contribution < -0.4 is 10.2 Å². The van der Waals surface area contributed by atoms with Gasteiger partial charge in [-0.15, -0.1) is 0 Å². The molecular weight excluding hydrogens is 451 g/mol. The number of amides is 2. The number of para-hydroxylation sites is 1. The Kier molecular flexibility index (Phi) is 6.72.